The van der Waals surface area contributed by atoms with Crippen LogP contribution >= 0.6 is 0 Å². The van der Waals surface area contributed by atoms with Gasteiger partial charge in [-0.05, 0) is 36.5 Å². The molecule has 0 radical (unpaired) electrons. The van der Waals surface area contributed by atoms with Crippen molar-refractivity contribution < 1.29 is 24.6 Å². The first kappa shape index (κ1) is 22.5. The van der Waals surface area contributed by atoms with Gasteiger partial charge in [0.15, 0.2) is 0 Å². The predicted molar refractivity (Wildman–Crippen MR) is 118 cm³/mol. The third kappa shape index (κ3) is 5.72. The van der Waals surface area contributed by atoms with E-state index >= 15 is 0 Å². The summed E-state index contributed by atoms with van der Waals surface area (Å²) in [4.78, 5) is 37.6. The highest BCUT2D eigenvalue weighted by atomic mass is 16.4. The number of carbonyl (C=O) groups is 3. The maximum atomic E-state index is 12.8. The SMILES string of the molecule is O=C(O)CCC(=O)C1c2ccccc2N(CCCCCCc2ccccc2)C1C(=O)O. The Hall–Kier alpha value is -3.15. The fraction of sp³-hybridized carbons (Fsp3) is 0.400. The largest absolute Gasteiger partial charge is 0.481 e. The Morgan fingerprint density at radius 2 is 1.48 bits per heavy atom. The molecule has 0 spiro atoms. The van der Waals surface area contributed by atoms with E-state index in [1.807, 2.05) is 35.2 Å². The molecule has 2 N–H and O–H groups in total. The van der Waals surface area contributed by atoms with Gasteiger partial charge in [-0.25, -0.2) is 4.79 Å². The number of unbranched alkanes of at least 4 members (excludes halogenated alkanes) is 3. The van der Waals surface area contributed by atoms with E-state index < -0.39 is 23.9 Å². The van der Waals surface area contributed by atoms with E-state index in [-0.39, 0.29) is 18.6 Å². The third-order valence-electron chi connectivity index (χ3n) is 5.88. The molecule has 1 aliphatic rings. The number of ketones is 1. The number of hydrogen-bond donors (Lipinski definition) is 2. The minimum Gasteiger partial charge on any atom is -0.481 e. The molecular formula is C25H29NO5. The monoisotopic (exact) mass is 423 g/mol. The number of carboxylic acids is 2. The summed E-state index contributed by atoms with van der Waals surface area (Å²) < 4.78 is 0. The Bertz CT molecular complexity index is 911. The fourth-order valence-corrected chi connectivity index (χ4v) is 4.39. The van der Waals surface area contributed by atoms with Gasteiger partial charge in [0.05, 0.1) is 12.3 Å². The average Bonchev–Trinajstić information content (AvgIpc) is 3.10. The number of carboxylic acid groups (broad SMARTS) is 2. The van der Waals surface area contributed by atoms with Crippen LogP contribution in [-0.2, 0) is 20.8 Å². The lowest BCUT2D eigenvalue weighted by atomic mass is 9.88. The van der Waals surface area contributed by atoms with Crippen molar-refractivity contribution in [2.24, 2.45) is 0 Å². The van der Waals surface area contributed by atoms with Crippen molar-refractivity contribution in [1.29, 1.82) is 0 Å². The zero-order chi connectivity index (χ0) is 22.2. The van der Waals surface area contributed by atoms with Crippen molar-refractivity contribution in [3.8, 4) is 0 Å². The zero-order valence-corrected chi connectivity index (χ0v) is 17.6. The molecule has 0 aromatic heterocycles. The summed E-state index contributed by atoms with van der Waals surface area (Å²) in [7, 11) is 0. The van der Waals surface area contributed by atoms with Crippen molar-refractivity contribution >= 4 is 23.4 Å². The topological polar surface area (TPSA) is 94.9 Å². The summed E-state index contributed by atoms with van der Waals surface area (Å²) in [5.41, 5.74) is 2.78. The highest BCUT2D eigenvalue weighted by molar-refractivity contribution is 5.99. The number of para-hydroxylation sites is 1. The quantitative estimate of drug-likeness (QED) is 0.495. The van der Waals surface area contributed by atoms with Crippen molar-refractivity contribution in [1.82, 2.24) is 0 Å². The molecule has 6 nitrogen and oxygen atoms in total. The summed E-state index contributed by atoms with van der Waals surface area (Å²) >= 11 is 0. The van der Waals surface area contributed by atoms with Crippen molar-refractivity contribution in [2.75, 3.05) is 11.4 Å². The van der Waals surface area contributed by atoms with Crippen LogP contribution < -0.4 is 4.90 Å². The number of benzene rings is 2. The van der Waals surface area contributed by atoms with Gasteiger partial charge in [-0.2, -0.15) is 0 Å². The first-order valence-corrected chi connectivity index (χ1v) is 10.9. The van der Waals surface area contributed by atoms with Gasteiger partial charge in [0.2, 0.25) is 0 Å². The predicted octanol–water partition coefficient (Wildman–Crippen LogP) is 4.28. The Kier molecular flexibility index (Phi) is 7.82. The number of fused-ring (bicyclic) bond motifs is 1. The van der Waals surface area contributed by atoms with Gasteiger partial charge in [-0.1, -0.05) is 61.4 Å². The maximum absolute atomic E-state index is 12.8. The Balaban J connectivity index is 1.61. The summed E-state index contributed by atoms with van der Waals surface area (Å²) in [6.07, 6.45) is 4.54. The third-order valence-corrected chi connectivity index (χ3v) is 5.88. The molecule has 3 rings (SSSR count). The van der Waals surface area contributed by atoms with Crippen LogP contribution in [0.2, 0.25) is 0 Å². The molecule has 31 heavy (non-hydrogen) atoms. The molecule has 0 aliphatic carbocycles. The van der Waals surface area contributed by atoms with E-state index in [2.05, 4.69) is 12.1 Å². The number of hydrogen-bond acceptors (Lipinski definition) is 4. The van der Waals surface area contributed by atoms with Crippen molar-refractivity contribution in [3.63, 3.8) is 0 Å². The normalized spacial score (nSPS) is 17.4. The first-order valence-electron chi connectivity index (χ1n) is 10.9. The minimum absolute atomic E-state index is 0.161. The van der Waals surface area contributed by atoms with E-state index in [0.717, 1.165) is 37.8 Å². The molecule has 0 fully saturated rings. The Morgan fingerprint density at radius 3 is 2.19 bits per heavy atom. The zero-order valence-electron chi connectivity index (χ0n) is 17.6. The molecular weight excluding hydrogens is 394 g/mol. The fourth-order valence-electron chi connectivity index (χ4n) is 4.39. The molecule has 0 bridgehead atoms. The minimum atomic E-state index is -1.06. The molecule has 2 aromatic carbocycles. The van der Waals surface area contributed by atoms with Crippen LogP contribution in [0.25, 0.3) is 0 Å². The van der Waals surface area contributed by atoms with Gasteiger partial charge in [-0.15, -0.1) is 0 Å². The molecule has 2 aromatic rings. The van der Waals surface area contributed by atoms with Crippen LogP contribution in [0.3, 0.4) is 0 Å². The van der Waals surface area contributed by atoms with E-state index in [1.54, 1.807) is 12.1 Å². The molecule has 0 saturated heterocycles. The molecule has 0 amide bonds. The van der Waals surface area contributed by atoms with Gasteiger partial charge in [0.1, 0.15) is 11.8 Å². The summed E-state index contributed by atoms with van der Waals surface area (Å²) in [6.45, 7) is 0.558. The number of rotatable bonds is 12. The van der Waals surface area contributed by atoms with Gasteiger partial charge in [-0.3, -0.25) is 9.59 Å². The van der Waals surface area contributed by atoms with Crippen LogP contribution in [0.4, 0.5) is 5.69 Å². The van der Waals surface area contributed by atoms with Gasteiger partial charge in [0.25, 0.3) is 0 Å². The van der Waals surface area contributed by atoms with Crippen LogP contribution in [0.1, 0.15) is 55.6 Å². The van der Waals surface area contributed by atoms with Crippen molar-refractivity contribution in [3.05, 3.63) is 65.7 Å². The Labute approximate surface area is 182 Å². The van der Waals surface area contributed by atoms with Gasteiger partial charge >= 0.3 is 11.9 Å². The number of aliphatic carboxylic acids is 2. The van der Waals surface area contributed by atoms with Crippen molar-refractivity contribution in [2.45, 2.75) is 56.9 Å². The summed E-state index contributed by atoms with van der Waals surface area (Å²) in [6, 6.07) is 16.6. The van der Waals surface area contributed by atoms with Gasteiger partial charge < -0.3 is 15.1 Å². The second kappa shape index (κ2) is 10.8. The van der Waals surface area contributed by atoms with E-state index in [0.29, 0.717) is 12.1 Å². The highest BCUT2D eigenvalue weighted by Gasteiger charge is 2.45. The second-order valence-electron chi connectivity index (χ2n) is 8.02. The lowest BCUT2D eigenvalue weighted by Crippen LogP contribution is -2.43. The van der Waals surface area contributed by atoms with E-state index in [9.17, 15) is 19.5 Å². The molecule has 6 heteroatoms. The highest BCUT2D eigenvalue weighted by Crippen LogP contribution is 2.42. The first-order chi connectivity index (χ1) is 15.0. The number of carbonyl (C=O) groups excluding carboxylic acids is 1. The summed E-state index contributed by atoms with van der Waals surface area (Å²) in [5, 5.41) is 18.8. The van der Waals surface area contributed by atoms with Crippen LogP contribution in [-0.4, -0.2) is 40.5 Å². The standard InChI is InChI=1S/C25H29NO5/c27-21(15-16-22(28)29)23-19-13-7-8-14-20(19)26(24(23)25(30)31)17-9-2-1-4-10-18-11-5-3-6-12-18/h3,5-8,11-14,23-24H,1-2,4,9-10,15-17H2,(H,28,29)(H,30,31). The second-order valence-corrected chi connectivity index (χ2v) is 8.02. The summed E-state index contributed by atoms with van der Waals surface area (Å²) in [5.74, 6) is -3.26. The number of anilines is 1. The molecule has 2 unspecified atom stereocenters. The molecule has 0 saturated carbocycles. The lowest BCUT2D eigenvalue weighted by Gasteiger charge is -2.27. The van der Waals surface area contributed by atoms with E-state index in [1.165, 1.54) is 5.56 Å². The smallest absolute Gasteiger partial charge is 0.327 e. The molecule has 164 valence electrons. The molecule has 2 atom stereocenters. The lowest BCUT2D eigenvalue weighted by molar-refractivity contribution is -0.141. The number of aryl methyl sites for hydroxylation is 1. The van der Waals surface area contributed by atoms with Crippen LogP contribution in [0, 0.1) is 0 Å². The molecule has 1 heterocycles. The van der Waals surface area contributed by atoms with Gasteiger partial charge in [0, 0.05) is 18.7 Å². The Morgan fingerprint density at radius 1 is 0.806 bits per heavy atom. The van der Waals surface area contributed by atoms with Crippen LogP contribution in [0.5, 0.6) is 0 Å². The number of nitrogens with zero attached hydrogens (tertiary/aromatic N) is 1. The van der Waals surface area contributed by atoms with E-state index in [4.69, 9.17) is 5.11 Å². The molecule has 1 aliphatic heterocycles. The van der Waals surface area contributed by atoms with Crippen LogP contribution in [0.15, 0.2) is 54.6 Å². The maximum Gasteiger partial charge on any atom is 0.327 e. The number of Topliss-reactive ketones (excluding diaryl/α,β-unsaturated/α-hetero) is 1. The average molecular weight is 424 g/mol.